The molecule has 0 saturated heterocycles. The smallest absolute Gasteiger partial charge is 0.257 e. The van der Waals surface area contributed by atoms with Gasteiger partial charge in [0.25, 0.3) is 5.91 Å². The fraction of sp³-hybridized carbons (Fsp3) is 0.217. The lowest BCUT2D eigenvalue weighted by Gasteiger charge is -2.27. The lowest BCUT2D eigenvalue weighted by Crippen LogP contribution is -2.34. The van der Waals surface area contributed by atoms with Gasteiger partial charge in [-0.1, -0.05) is 6.08 Å². The van der Waals surface area contributed by atoms with Crippen LogP contribution in [0.4, 0.5) is 0 Å². The van der Waals surface area contributed by atoms with Crippen LogP contribution in [0.3, 0.4) is 0 Å². The average molecular weight is 398 g/mol. The summed E-state index contributed by atoms with van der Waals surface area (Å²) in [5, 5.41) is 4.10. The number of carbonyl (C=O) groups is 1. The molecule has 0 fully saturated rings. The molecular formula is C23H22N6O. The number of imidazole rings is 1. The second-order valence-electron chi connectivity index (χ2n) is 7.60. The van der Waals surface area contributed by atoms with Crippen LogP contribution in [0.25, 0.3) is 22.3 Å². The zero-order valence-electron chi connectivity index (χ0n) is 17.0. The van der Waals surface area contributed by atoms with Crippen molar-refractivity contribution in [1.82, 2.24) is 29.0 Å². The van der Waals surface area contributed by atoms with E-state index < -0.39 is 0 Å². The van der Waals surface area contributed by atoms with Crippen molar-refractivity contribution in [2.24, 2.45) is 7.05 Å². The van der Waals surface area contributed by atoms with Crippen LogP contribution in [0.2, 0.25) is 0 Å². The van der Waals surface area contributed by atoms with E-state index in [1.54, 1.807) is 23.3 Å². The van der Waals surface area contributed by atoms with Crippen molar-refractivity contribution >= 4 is 17.1 Å². The molecule has 0 aromatic carbocycles. The van der Waals surface area contributed by atoms with Crippen LogP contribution in [-0.2, 0) is 7.05 Å². The quantitative estimate of drug-likeness (QED) is 0.531. The standard InChI is InChI=1S/C23H22N6O/c1-16-20(12-24-13-21(16)18-3-4-22-25-7-10-29(22)15-18)17-5-8-28(9-6-17)23(30)19-11-26-27(2)14-19/h3-5,7,10-15H,6,8-9H2,1-2H3. The molecule has 1 aliphatic heterocycles. The Labute approximate surface area is 174 Å². The predicted octanol–water partition coefficient (Wildman–Crippen LogP) is 3.37. The highest BCUT2D eigenvalue weighted by molar-refractivity contribution is 5.94. The Kier molecular flexibility index (Phi) is 4.43. The Morgan fingerprint density at radius 2 is 1.97 bits per heavy atom. The molecule has 4 aromatic rings. The molecule has 0 spiro atoms. The summed E-state index contributed by atoms with van der Waals surface area (Å²) in [7, 11) is 1.82. The van der Waals surface area contributed by atoms with E-state index in [9.17, 15) is 4.79 Å². The molecule has 0 atom stereocenters. The number of rotatable bonds is 3. The highest BCUT2D eigenvalue weighted by Gasteiger charge is 2.21. The molecule has 4 aromatic heterocycles. The van der Waals surface area contributed by atoms with Gasteiger partial charge in [0.05, 0.1) is 11.8 Å². The van der Waals surface area contributed by atoms with Gasteiger partial charge in [-0.25, -0.2) is 4.98 Å². The van der Waals surface area contributed by atoms with E-state index in [1.165, 1.54) is 11.1 Å². The summed E-state index contributed by atoms with van der Waals surface area (Å²) < 4.78 is 3.67. The highest BCUT2D eigenvalue weighted by atomic mass is 16.2. The number of hydrogen-bond acceptors (Lipinski definition) is 4. The number of amides is 1. The molecule has 1 aliphatic rings. The molecule has 0 unspecified atom stereocenters. The van der Waals surface area contributed by atoms with Gasteiger partial charge in [-0.3, -0.25) is 14.5 Å². The molecule has 1 amide bonds. The monoisotopic (exact) mass is 398 g/mol. The highest BCUT2D eigenvalue weighted by Crippen LogP contribution is 2.31. The Balaban J connectivity index is 1.42. The van der Waals surface area contributed by atoms with Gasteiger partial charge in [0.2, 0.25) is 0 Å². The van der Waals surface area contributed by atoms with Gasteiger partial charge >= 0.3 is 0 Å². The molecule has 150 valence electrons. The van der Waals surface area contributed by atoms with Crippen molar-refractivity contribution in [2.75, 3.05) is 13.1 Å². The van der Waals surface area contributed by atoms with Crippen LogP contribution in [0, 0.1) is 6.92 Å². The van der Waals surface area contributed by atoms with Gasteiger partial charge < -0.3 is 9.30 Å². The first-order valence-corrected chi connectivity index (χ1v) is 9.95. The zero-order valence-corrected chi connectivity index (χ0v) is 17.0. The number of nitrogens with zero attached hydrogens (tertiary/aromatic N) is 6. The van der Waals surface area contributed by atoms with Crippen molar-refractivity contribution in [1.29, 1.82) is 0 Å². The number of aryl methyl sites for hydroxylation is 1. The van der Waals surface area contributed by atoms with Gasteiger partial charge in [-0.15, -0.1) is 0 Å². The number of fused-ring (bicyclic) bond motifs is 1. The Morgan fingerprint density at radius 1 is 1.10 bits per heavy atom. The second-order valence-corrected chi connectivity index (χ2v) is 7.60. The summed E-state index contributed by atoms with van der Waals surface area (Å²) in [5.41, 5.74) is 7.35. The minimum atomic E-state index is 0.0237. The third-order valence-corrected chi connectivity index (χ3v) is 5.71. The number of carbonyl (C=O) groups excluding carboxylic acids is 1. The first-order chi connectivity index (χ1) is 14.6. The number of hydrogen-bond donors (Lipinski definition) is 0. The zero-order chi connectivity index (χ0) is 20.7. The topological polar surface area (TPSA) is 68.3 Å². The minimum Gasteiger partial charge on any atom is -0.334 e. The molecule has 0 aliphatic carbocycles. The van der Waals surface area contributed by atoms with Gasteiger partial charge in [0.1, 0.15) is 5.65 Å². The van der Waals surface area contributed by atoms with E-state index in [1.807, 2.05) is 41.0 Å². The van der Waals surface area contributed by atoms with E-state index in [0.29, 0.717) is 18.7 Å². The third-order valence-electron chi connectivity index (χ3n) is 5.71. The molecule has 7 nitrogen and oxygen atoms in total. The van der Waals surface area contributed by atoms with Crippen LogP contribution in [0.15, 0.2) is 61.6 Å². The van der Waals surface area contributed by atoms with Crippen molar-refractivity contribution in [3.8, 4) is 11.1 Å². The van der Waals surface area contributed by atoms with Crippen LogP contribution < -0.4 is 0 Å². The maximum absolute atomic E-state index is 12.7. The van der Waals surface area contributed by atoms with Crippen LogP contribution in [0.1, 0.15) is 27.9 Å². The van der Waals surface area contributed by atoms with Crippen LogP contribution in [0.5, 0.6) is 0 Å². The fourth-order valence-electron chi connectivity index (χ4n) is 4.03. The summed E-state index contributed by atoms with van der Waals surface area (Å²) in [5.74, 6) is 0.0237. The molecule has 30 heavy (non-hydrogen) atoms. The van der Waals surface area contributed by atoms with E-state index in [0.717, 1.165) is 28.8 Å². The predicted molar refractivity (Wildman–Crippen MR) is 115 cm³/mol. The Bertz CT molecular complexity index is 1280. The molecule has 5 heterocycles. The third kappa shape index (κ3) is 3.18. The SMILES string of the molecule is Cc1c(C2=CCN(C(=O)c3cnn(C)c3)CC2)cncc1-c1ccc2nccn2c1. The first-order valence-electron chi connectivity index (χ1n) is 9.95. The molecule has 0 saturated carbocycles. The van der Waals surface area contributed by atoms with Gasteiger partial charge in [-0.05, 0) is 42.2 Å². The summed E-state index contributed by atoms with van der Waals surface area (Å²) >= 11 is 0. The lowest BCUT2D eigenvalue weighted by molar-refractivity contribution is 0.0773. The van der Waals surface area contributed by atoms with Crippen LogP contribution in [-0.4, -0.2) is 48.0 Å². The van der Waals surface area contributed by atoms with Crippen molar-refractivity contribution in [3.63, 3.8) is 0 Å². The van der Waals surface area contributed by atoms with E-state index in [-0.39, 0.29) is 5.91 Å². The van der Waals surface area contributed by atoms with E-state index in [4.69, 9.17) is 0 Å². The van der Waals surface area contributed by atoms with Crippen molar-refractivity contribution in [3.05, 3.63) is 78.3 Å². The largest absolute Gasteiger partial charge is 0.334 e. The normalized spacial score (nSPS) is 14.2. The van der Waals surface area contributed by atoms with E-state index in [2.05, 4.69) is 40.3 Å². The van der Waals surface area contributed by atoms with Crippen molar-refractivity contribution in [2.45, 2.75) is 13.3 Å². The van der Waals surface area contributed by atoms with Crippen LogP contribution >= 0.6 is 0 Å². The minimum absolute atomic E-state index is 0.0237. The van der Waals surface area contributed by atoms with Gasteiger partial charge in [-0.2, -0.15) is 5.10 Å². The maximum atomic E-state index is 12.7. The molecule has 0 N–H and O–H groups in total. The molecule has 7 heteroatoms. The average Bonchev–Trinajstić information content (AvgIpc) is 3.42. The Morgan fingerprint density at radius 3 is 2.73 bits per heavy atom. The lowest BCUT2D eigenvalue weighted by atomic mass is 9.93. The maximum Gasteiger partial charge on any atom is 0.257 e. The number of aromatic nitrogens is 5. The molecule has 5 rings (SSSR count). The Hall–Kier alpha value is -3.74. The van der Waals surface area contributed by atoms with Crippen molar-refractivity contribution < 1.29 is 4.79 Å². The van der Waals surface area contributed by atoms with Gasteiger partial charge in [0.15, 0.2) is 0 Å². The summed E-state index contributed by atoms with van der Waals surface area (Å²) in [4.78, 5) is 23.4. The molecule has 0 radical (unpaired) electrons. The summed E-state index contributed by atoms with van der Waals surface area (Å²) in [6.45, 7) is 3.41. The van der Waals surface area contributed by atoms with E-state index >= 15 is 0 Å². The first kappa shape index (κ1) is 18.3. The number of pyridine rings is 2. The summed E-state index contributed by atoms with van der Waals surface area (Å²) in [6.07, 6.45) is 16.0. The summed E-state index contributed by atoms with van der Waals surface area (Å²) in [6, 6.07) is 4.10. The second kappa shape index (κ2) is 7.26. The fourth-order valence-corrected chi connectivity index (χ4v) is 4.03. The molecular weight excluding hydrogens is 376 g/mol. The van der Waals surface area contributed by atoms with Gasteiger partial charge in [0, 0.05) is 68.4 Å². The molecule has 0 bridgehead atoms.